The van der Waals surface area contributed by atoms with Gasteiger partial charge in [-0.2, -0.15) is 0 Å². The first-order valence-electron chi connectivity index (χ1n) is 8.93. The predicted molar refractivity (Wildman–Crippen MR) is 107 cm³/mol. The fourth-order valence-corrected chi connectivity index (χ4v) is 4.48. The van der Waals surface area contributed by atoms with Crippen molar-refractivity contribution in [2.45, 2.75) is 6.92 Å². The third kappa shape index (κ3) is 2.59. The van der Waals surface area contributed by atoms with E-state index in [2.05, 4.69) is 0 Å². The minimum atomic E-state index is -1.50. The van der Waals surface area contributed by atoms with Crippen molar-refractivity contribution in [3.8, 4) is 11.3 Å². The normalized spacial score (nSPS) is 14.9. The van der Waals surface area contributed by atoms with Crippen molar-refractivity contribution < 1.29 is 27.2 Å². The van der Waals surface area contributed by atoms with E-state index in [9.17, 15) is 22.8 Å². The SMILES string of the molecule is Cc1c(F)c(F)c2c(c1F)C(=O)/C(=C/c1cc3oc(-c4ccccc4)cc3s1)C2=O. The van der Waals surface area contributed by atoms with Gasteiger partial charge in [-0.1, -0.05) is 30.3 Å². The zero-order valence-electron chi connectivity index (χ0n) is 15.4. The van der Waals surface area contributed by atoms with Gasteiger partial charge in [0.1, 0.15) is 17.2 Å². The Morgan fingerprint density at radius 3 is 2.23 bits per heavy atom. The van der Waals surface area contributed by atoms with Crippen molar-refractivity contribution in [3.63, 3.8) is 0 Å². The number of thiophene rings is 1. The van der Waals surface area contributed by atoms with Crippen molar-refractivity contribution in [1.82, 2.24) is 0 Å². The molecule has 2 aromatic carbocycles. The van der Waals surface area contributed by atoms with Crippen LogP contribution >= 0.6 is 11.3 Å². The number of hydrogen-bond donors (Lipinski definition) is 0. The zero-order chi connectivity index (χ0) is 21.2. The Morgan fingerprint density at radius 1 is 0.900 bits per heavy atom. The molecule has 2 heterocycles. The summed E-state index contributed by atoms with van der Waals surface area (Å²) in [6.07, 6.45) is 1.26. The molecule has 0 radical (unpaired) electrons. The molecule has 30 heavy (non-hydrogen) atoms. The van der Waals surface area contributed by atoms with Gasteiger partial charge in [0.25, 0.3) is 0 Å². The van der Waals surface area contributed by atoms with Gasteiger partial charge >= 0.3 is 0 Å². The maximum Gasteiger partial charge on any atom is 0.200 e. The molecule has 1 aliphatic carbocycles. The molecule has 0 unspecified atom stereocenters. The molecule has 1 aliphatic rings. The molecule has 2 aromatic heterocycles. The first kappa shape index (κ1) is 18.6. The number of fused-ring (bicyclic) bond motifs is 2. The first-order valence-corrected chi connectivity index (χ1v) is 9.75. The van der Waals surface area contributed by atoms with E-state index < -0.39 is 51.3 Å². The smallest absolute Gasteiger partial charge is 0.200 e. The minimum absolute atomic E-state index is 0.403. The van der Waals surface area contributed by atoms with Crippen molar-refractivity contribution in [2.75, 3.05) is 0 Å². The van der Waals surface area contributed by atoms with Crippen molar-refractivity contribution in [2.24, 2.45) is 0 Å². The number of rotatable bonds is 2. The van der Waals surface area contributed by atoms with Crippen LogP contribution in [0.4, 0.5) is 13.2 Å². The molecule has 0 spiro atoms. The second-order valence-corrected chi connectivity index (χ2v) is 8.00. The Balaban J connectivity index is 1.57. The van der Waals surface area contributed by atoms with Gasteiger partial charge in [0.05, 0.1) is 21.4 Å². The molecule has 0 fully saturated rings. The van der Waals surface area contributed by atoms with Crippen LogP contribution in [0.25, 0.3) is 27.7 Å². The summed E-state index contributed by atoms with van der Waals surface area (Å²) in [5.74, 6) is -5.48. The number of hydrogen-bond acceptors (Lipinski definition) is 4. The molecular weight excluding hydrogens is 413 g/mol. The second-order valence-electron chi connectivity index (χ2n) is 6.89. The Kier molecular flexibility index (Phi) is 4.04. The number of halogens is 3. The van der Waals surface area contributed by atoms with E-state index in [0.29, 0.717) is 16.2 Å². The zero-order valence-corrected chi connectivity index (χ0v) is 16.2. The quantitative estimate of drug-likeness (QED) is 0.214. The van der Waals surface area contributed by atoms with Gasteiger partial charge in [-0.3, -0.25) is 9.59 Å². The van der Waals surface area contributed by atoms with Crippen LogP contribution in [0.3, 0.4) is 0 Å². The fourth-order valence-electron chi connectivity index (χ4n) is 3.52. The van der Waals surface area contributed by atoms with E-state index in [0.717, 1.165) is 17.2 Å². The van der Waals surface area contributed by atoms with Crippen LogP contribution in [-0.4, -0.2) is 11.6 Å². The summed E-state index contributed by atoms with van der Waals surface area (Å²) >= 11 is 1.26. The highest BCUT2D eigenvalue weighted by molar-refractivity contribution is 7.19. The second kappa shape index (κ2) is 6.53. The van der Waals surface area contributed by atoms with Gasteiger partial charge in [-0.15, -0.1) is 11.3 Å². The standard InChI is InChI=1S/C23H11F3O3S/c1-10-19(24)17-18(21(26)20(10)25)23(28)13(22(17)27)7-12-8-15-16(30-12)9-14(29-15)11-5-3-2-4-6-11/h2-9H,1H3/b13-7-. The molecule has 0 saturated carbocycles. The van der Waals surface area contributed by atoms with Crippen molar-refractivity contribution in [1.29, 1.82) is 0 Å². The van der Waals surface area contributed by atoms with Crippen LogP contribution in [-0.2, 0) is 0 Å². The van der Waals surface area contributed by atoms with E-state index in [4.69, 9.17) is 4.42 Å². The van der Waals surface area contributed by atoms with Gasteiger partial charge in [0.2, 0.25) is 11.6 Å². The number of carbonyl (C=O) groups is 2. The van der Waals surface area contributed by atoms with Gasteiger partial charge in [-0.05, 0) is 19.1 Å². The average molecular weight is 424 g/mol. The number of allylic oxidation sites excluding steroid dienone is 1. The van der Waals surface area contributed by atoms with Crippen molar-refractivity contribution in [3.05, 3.63) is 87.1 Å². The highest BCUT2D eigenvalue weighted by atomic mass is 32.1. The lowest BCUT2D eigenvalue weighted by Gasteiger charge is -2.05. The summed E-state index contributed by atoms with van der Waals surface area (Å²) in [6, 6.07) is 13.0. The largest absolute Gasteiger partial charge is 0.455 e. The molecule has 0 atom stereocenters. The van der Waals surface area contributed by atoms with Gasteiger partial charge in [0, 0.05) is 22.1 Å². The summed E-state index contributed by atoms with van der Waals surface area (Å²) in [4.78, 5) is 25.7. The first-order chi connectivity index (χ1) is 14.4. The monoisotopic (exact) mass is 424 g/mol. The van der Waals surface area contributed by atoms with E-state index in [-0.39, 0.29) is 0 Å². The molecule has 0 N–H and O–H groups in total. The maximum atomic E-state index is 14.4. The Morgan fingerprint density at radius 2 is 1.57 bits per heavy atom. The number of Topliss-reactive ketones (excluding diaryl/α,β-unsaturated/α-hetero) is 2. The van der Waals surface area contributed by atoms with Crippen LogP contribution in [0.1, 0.15) is 31.2 Å². The summed E-state index contributed by atoms with van der Waals surface area (Å²) in [5, 5.41) is 0. The third-order valence-corrected chi connectivity index (χ3v) is 6.06. The van der Waals surface area contributed by atoms with Crippen LogP contribution < -0.4 is 0 Å². The highest BCUT2D eigenvalue weighted by Crippen LogP contribution is 2.38. The van der Waals surface area contributed by atoms with Gasteiger partial charge in [-0.25, -0.2) is 13.2 Å². The highest BCUT2D eigenvalue weighted by Gasteiger charge is 2.41. The summed E-state index contributed by atoms with van der Waals surface area (Å²) < 4.78 is 49.1. The molecule has 4 aromatic rings. The van der Waals surface area contributed by atoms with Crippen molar-refractivity contribution >= 4 is 39.3 Å². The number of ketones is 2. The molecule has 148 valence electrons. The average Bonchev–Trinajstić information content (AvgIpc) is 3.38. The van der Waals surface area contributed by atoms with Crippen LogP contribution in [0, 0.1) is 24.4 Å². The molecule has 0 amide bonds. The lowest BCUT2D eigenvalue weighted by molar-refractivity contribution is 0.0988. The number of furan rings is 1. The molecule has 0 saturated heterocycles. The molecule has 3 nitrogen and oxygen atoms in total. The van der Waals surface area contributed by atoms with E-state index in [1.165, 1.54) is 17.4 Å². The molecule has 7 heteroatoms. The minimum Gasteiger partial charge on any atom is -0.455 e. The summed E-state index contributed by atoms with van der Waals surface area (Å²) in [5.41, 5.74) is -1.13. The van der Waals surface area contributed by atoms with Gasteiger partial charge < -0.3 is 4.42 Å². The van der Waals surface area contributed by atoms with E-state index in [1.807, 2.05) is 36.4 Å². The Labute approximate surface area is 172 Å². The molecular formula is C23H11F3O3S. The molecule has 0 aliphatic heterocycles. The van der Waals surface area contributed by atoms with E-state index >= 15 is 0 Å². The fraction of sp³-hybridized carbons (Fsp3) is 0.0435. The molecule has 0 bridgehead atoms. The maximum absolute atomic E-state index is 14.4. The van der Waals surface area contributed by atoms with Gasteiger partial charge in [0.15, 0.2) is 11.6 Å². The predicted octanol–water partition coefficient (Wildman–Crippen LogP) is 6.35. The Bertz CT molecular complexity index is 1330. The lowest BCUT2D eigenvalue weighted by Crippen LogP contribution is -2.06. The third-order valence-electron chi connectivity index (χ3n) is 5.05. The van der Waals surface area contributed by atoms with E-state index in [1.54, 1.807) is 6.07 Å². The number of benzene rings is 2. The number of carbonyl (C=O) groups excluding carboxylic acids is 2. The van der Waals surface area contributed by atoms with Crippen LogP contribution in [0.5, 0.6) is 0 Å². The lowest BCUT2D eigenvalue weighted by atomic mass is 10.0. The Hall–Kier alpha value is -3.45. The topological polar surface area (TPSA) is 47.3 Å². The van der Waals surface area contributed by atoms with Crippen LogP contribution in [0.15, 0.2) is 52.5 Å². The van der Waals surface area contributed by atoms with Crippen LogP contribution in [0.2, 0.25) is 0 Å². The summed E-state index contributed by atoms with van der Waals surface area (Å²) in [6.45, 7) is 1.02. The summed E-state index contributed by atoms with van der Waals surface area (Å²) in [7, 11) is 0. The molecule has 5 rings (SSSR count).